The van der Waals surface area contributed by atoms with Crippen molar-refractivity contribution in [2.24, 2.45) is 5.92 Å². The van der Waals surface area contributed by atoms with Gasteiger partial charge >= 0.3 is 18.0 Å². The van der Waals surface area contributed by atoms with Crippen LogP contribution in [0.25, 0.3) is 0 Å². The van der Waals surface area contributed by atoms with Crippen LogP contribution in [0, 0.1) is 5.92 Å². The number of amides is 4. The summed E-state index contributed by atoms with van der Waals surface area (Å²) >= 11 is 5.91. The second kappa shape index (κ2) is 20.3. The molecule has 0 aliphatic carbocycles. The summed E-state index contributed by atoms with van der Waals surface area (Å²) in [6.07, 6.45) is -0.286. The van der Waals surface area contributed by atoms with Gasteiger partial charge in [0, 0.05) is 6.26 Å². The molecule has 0 bridgehead atoms. The zero-order chi connectivity index (χ0) is 39.9. The van der Waals surface area contributed by atoms with Crippen molar-refractivity contribution >= 4 is 57.2 Å². The van der Waals surface area contributed by atoms with Crippen molar-refractivity contribution < 1.29 is 51.4 Å². The molecule has 0 aliphatic heterocycles. The van der Waals surface area contributed by atoms with Crippen LogP contribution in [0.4, 0.5) is 4.79 Å². The third-order valence-electron chi connectivity index (χ3n) is 7.17. The molecule has 53 heavy (non-hydrogen) atoms. The average molecular weight is 779 g/mol. The Morgan fingerprint density at radius 2 is 1.38 bits per heavy atom. The summed E-state index contributed by atoms with van der Waals surface area (Å²) in [5.74, 6) is -4.76. The first-order valence-electron chi connectivity index (χ1n) is 16.5. The molecule has 4 amide bonds. The van der Waals surface area contributed by atoms with Crippen LogP contribution < -0.4 is 21.3 Å². The molecule has 0 aliphatic rings. The zero-order valence-corrected chi connectivity index (χ0v) is 32.2. The Labute approximate surface area is 314 Å². The van der Waals surface area contributed by atoms with Gasteiger partial charge in [-0.1, -0.05) is 86.1 Å². The number of benzene rings is 2. The third-order valence-corrected chi connectivity index (χ3v) is 8.98. The summed E-state index contributed by atoms with van der Waals surface area (Å²) in [7, 11) is -2.77. The molecule has 0 spiro atoms. The lowest BCUT2D eigenvalue weighted by molar-refractivity contribution is -0.156. The minimum Gasteiger partial charge on any atom is -0.469 e. The Bertz CT molecular complexity index is 1730. The van der Waals surface area contributed by atoms with Gasteiger partial charge in [0.2, 0.25) is 17.7 Å². The van der Waals surface area contributed by atoms with Crippen LogP contribution in [-0.2, 0) is 54.6 Å². The minimum absolute atomic E-state index is 0.127. The molecule has 17 heteroatoms. The lowest BCUT2D eigenvalue weighted by atomic mass is 10.00. The molecule has 2 aromatic carbocycles. The quantitative estimate of drug-likeness (QED) is 0.135. The van der Waals surface area contributed by atoms with E-state index in [1.807, 2.05) is 0 Å². The number of carbonyl (C=O) groups is 6. The lowest BCUT2D eigenvalue weighted by Gasteiger charge is -2.28. The van der Waals surface area contributed by atoms with E-state index in [1.54, 1.807) is 95.3 Å². The van der Waals surface area contributed by atoms with E-state index in [2.05, 4.69) is 26.0 Å². The lowest BCUT2D eigenvalue weighted by Crippen LogP contribution is -2.56. The number of hydrogen-bond donors (Lipinski definition) is 4. The molecule has 0 unspecified atom stereocenters. The highest BCUT2D eigenvalue weighted by Gasteiger charge is 2.34. The van der Waals surface area contributed by atoms with Crippen LogP contribution in [0.1, 0.15) is 64.6 Å². The smallest absolute Gasteiger partial charge is 0.408 e. The Hall–Kier alpha value is -4.96. The van der Waals surface area contributed by atoms with Crippen LogP contribution in [0.5, 0.6) is 0 Å². The molecule has 0 aromatic heterocycles. The van der Waals surface area contributed by atoms with Gasteiger partial charge in [-0.3, -0.25) is 24.0 Å². The summed E-state index contributed by atoms with van der Waals surface area (Å²) in [6.45, 7) is 8.01. The molecule has 0 saturated carbocycles. The summed E-state index contributed by atoms with van der Waals surface area (Å²) in [6, 6.07) is 11.2. The number of nitrogens with one attached hydrogen (secondary N) is 4. The molecular formula is C36H47ClN4O11S. The van der Waals surface area contributed by atoms with E-state index in [-0.39, 0.29) is 12.2 Å². The van der Waals surface area contributed by atoms with Crippen molar-refractivity contribution in [3.63, 3.8) is 0 Å². The fraction of sp³-hybridized carbons (Fsp3) is 0.444. The second-order valence-corrected chi connectivity index (χ2v) is 15.9. The molecule has 0 saturated heterocycles. The first-order valence-corrected chi connectivity index (χ1v) is 18.8. The molecule has 4 N–H and O–H groups in total. The Morgan fingerprint density at radius 3 is 1.91 bits per heavy atom. The number of sulfone groups is 1. The van der Waals surface area contributed by atoms with Crippen LogP contribution in [-0.4, -0.2) is 81.3 Å². The van der Waals surface area contributed by atoms with E-state index in [1.165, 1.54) is 0 Å². The van der Waals surface area contributed by atoms with Crippen LogP contribution in [0.2, 0.25) is 0 Å². The number of hydrogen-bond acceptors (Lipinski definition) is 11. The Kier molecular flexibility index (Phi) is 17.0. The predicted molar refractivity (Wildman–Crippen MR) is 195 cm³/mol. The highest BCUT2D eigenvalue weighted by Crippen LogP contribution is 2.18. The van der Waals surface area contributed by atoms with Gasteiger partial charge in [0.05, 0.1) is 26.0 Å². The second-order valence-electron chi connectivity index (χ2n) is 13.3. The topological polar surface area (TPSA) is 212 Å². The SMILES string of the molecule is COC(=O)C[C@@H](/C=C(\Cl)S(C)(=O)=O)NC(=O)[C@H](NC(=O)[C@@H](NC(=O)[C@H](CC(=O)OC(C)(C)C)NC(=O)OCc1ccccc1)c1ccccc1)C(C)C. The summed E-state index contributed by atoms with van der Waals surface area (Å²) in [5, 5.41) is 10.1. The minimum atomic E-state index is -3.88. The van der Waals surface area contributed by atoms with Gasteiger partial charge in [0.15, 0.2) is 9.84 Å². The van der Waals surface area contributed by atoms with E-state index in [0.29, 0.717) is 5.56 Å². The fourth-order valence-corrected chi connectivity index (χ4v) is 5.16. The summed E-state index contributed by atoms with van der Waals surface area (Å²) < 4.78 is 38.5. The number of halogens is 1. The number of methoxy groups -OCH3 is 1. The Balaban J connectivity index is 2.38. The summed E-state index contributed by atoms with van der Waals surface area (Å²) in [4.78, 5) is 79.0. The molecule has 0 heterocycles. The number of rotatable bonds is 17. The Morgan fingerprint density at radius 1 is 0.792 bits per heavy atom. The number of ether oxygens (including phenoxy) is 3. The first-order chi connectivity index (χ1) is 24.7. The van der Waals surface area contributed by atoms with Crippen molar-refractivity contribution in [2.45, 2.75) is 83.8 Å². The average Bonchev–Trinajstić information content (AvgIpc) is 3.07. The maximum absolute atomic E-state index is 13.9. The first kappa shape index (κ1) is 44.2. The predicted octanol–water partition coefficient (Wildman–Crippen LogP) is 3.18. The number of alkyl carbamates (subject to hydrolysis) is 1. The molecular weight excluding hydrogens is 732 g/mol. The number of carbonyl (C=O) groups excluding carboxylic acids is 6. The zero-order valence-electron chi connectivity index (χ0n) is 30.6. The highest BCUT2D eigenvalue weighted by molar-refractivity contribution is 7.96. The molecule has 0 fully saturated rings. The molecule has 290 valence electrons. The van der Waals surface area contributed by atoms with Crippen molar-refractivity contribution in [1.82, 2.24) is 21.3 Å². The van der Waals surface area contributed by atoms with E-state index in [0.717, 1.165) is 19.4 Å². The standard InChI is InChI=1S/C36H47ClN4O11S/c1-22(2)30(33(45)38-25(19-28(42)50-6)18-27(37)53(7,48)49)40-34(46)31(24-16-12-9-13-17-24)41-32(44)26(20-29(43)52-36(3,4)5)39-35(47)51-21-23-14-10-8-11-15-23/h8-18,22,25-26,30-31H,19-21H2,1-7H3,(H,38,45)(H,39,47)(H,40,46)(H,41,44)/b27-18+/t25-,26+,30-,31+/m1/s1. The van der Waals surface area contributed by atoms with Crippen molar-refractivity contribution in [3.05, 3.63) is 82.2 Å². The monoisotopic (exact) mass is 778 g/mol. The van der Waals surface area contributed by atoms with Crippen LogP contribution in [0.3, 0.4) is 0 Å². The van der Waals surface area contributed by atoms with E-state index < -0.39 is 98.5 Å². The molecule has 0 radical (unpaired) electrons. The van der Waals surface area contributed by atoms with Crippen LogP contribution >= 0.6 is 11.6 Å². The van der Waals surface area contributed by atoms with Gasteiger partial charge in [-0.2, -0.15) is 0 Å². The van der Waals surface area contributed by atoms with Gasteiger partial charge in [-0.15, -0.1) is 0 Å². The fourth-order valence-electron chi connectivity index (χ4n) is 4.60. The maximum Gasteiger partial charge on any atom is 0.408 e. The largest absolute Gasteiger partial charge is 0.469 e. The molecule has 2 aromatic rings. The van der Waals surface area contributed by atoms with E-state index in [4.69, 9.17) is 21.1 Å². The third kappa shape index (κ3) is 16.1. The van der Waals surface area contributed by atoms with Gasteiger partial charge < -0.3 is 35.5 Å². The van der Waals surface area contributed by atoms with Gasteiger partial charge in [0.1, 0.15) is 34.7 Å². The van der Waals surface area contributed by atoms with Gasteiger partial charge in [0.25, 0.3) is 0 Å². The van der Waals surface area contributed by atoms with Crippen molar-refractivity contribution in [1.29, 1.82) is 0 Å². The molecule has 15 nitrogen and oxygen atoms in total. The van der Waals surface area contributed by atoms with E-state index >= 15 is 0 Å². The maximum atomic E-state index is 13.9. The van der Waals surface area contributed by atoms with Crippen molar-refractivity contribution in [3.8, 4) is 0 Å². The van der Waals surface area contributed by atoms with Gasteiger partial charge in [-0.25, -0.2) is 13.2 Å². The van der Waals surface area contributed by atoms with Crippen LogP contribution in [0.15, 0.2) is 71.1 Å². The number of esters is 2. The molecule has 4 atom stereocenters. The molecule has 2 rings (SSSR count). The highest BCUT2D eigenvalue weighted by atomic mass is 35.5. The normalized spacial score (nSPS) is 14.1. The van der Waals surface area contributed by atoms with Crippen molar-refractivity contribution in [2.75, 3.05) is 13.4 Å². The van der Waals surface area contributed by atoms with E-state index in [9.17, 15) is 37.2 Å². The van der Waals surface area contributed by atoms with Gasteiger partial charge in [-0.05, 0) is 43.9 Å². The summed E-state index contributed by atoms with van der Waals surface area (Å²) in [5.41, 5.74) is 0.0499.